The Balaban J connectivity index is 2.13. The van der Waals surface area contributed by atoms with E-state index in [1.807, 2.05) is 5.32 Å². The second-order valence-corrected chi connectivity index (χ2v) is 21.0. The molecular weight excluding hydrogens is 692 g/mol. The summed E-state index contributed by atoms with van der Waals surface area (Å²) in [4.78, 5) is 31.6. The molecule has 1 aromatic carbocycles. The second-order valence-electron chi connectivity index (χ2n) is 15.4. The molecule has 0 saturated carbocycles. The number of methoxy groups -OCH3 is 1. The van der Waals surface area contributed by atoms with Crippen LogP contribution in [-0.2, 0) is 25.7 Å². The number of carbonyl (C=O) groups is 2. The number of amides is 3. The number of carbonyl (C=O) groups excluding carboxylic acids is 2. The van der Waals surface area contributed by atoms with Crippen LogP contribution in [0, 0.1) is 0 Å². The molecule has 3 rings (SSSR count). The summed E-state index contributed by atoms with van der Waals surface area (Å²) in [6.45, 7) is 12.8. The van der Waals surface area contributed by atoms with Crippen LogP contribution in [0.2, 0.25) is 25.7 Å². The molecule has 0 bridgehead atoms. The monoisotopic (exact) mass is 741 g/mol. The zero-order valence-corrected chi connectivity index (χ0v) is 31.2. The topological polar surface area (TPSA) is 116 Å². The molecule has 284 valence electrons. The fraction of sp³-hybridized carbons (Fsp3) is 0.719. The Hall–Kier alpha value is -3.09. The number of ether oxygens (including phenoxy) is 4. The molecule has 1 fully saturated rings. The van der Waals surface area contributed by atoms with Gasteiger partial charge in [0.25, 0.3) is 0 Å². The first-order valence-corrected chi connectivity index (χ1v) is 19.8. The summed E-state index contributed by atoms with van der Waals surface area (Å²) < 4.78 is 107. The van der Waals surface area contributed by atoms with Crippen LogP contribution >= 0.6 is 0 Å². The number of fused-ring (bicyclic) bond motifs is 1. The molecule has 1 saturated heterocycles. The molecule has 0 aliphatic carbocycles. The first-order chi connectivity index (χ1) is 22.7. The fourth-order valence-electron chi connectivity index (χ4n) is 5.01. The van der Waals surface area contributed by atoms with Crippen molar-refractivity contribution in [3.05, 3.63) is 29.6 Å². The average Bonchev–Trinajstić information content (AvgIpc) is 3.46. The van der Waals surface area contributed by atoms with Crippen molar-refractivity contribution in [3.63, 3.8) is 0 Å². The SMILES string of the molecule is COCC(c1ccc2c(c1)nc([C@H](COC(C)(C)C(F)(F)F)NC(=O)OC(C)(C)C)n2COCC[Si](C)(C)C)N1C[C@@](C)(C(F)(F)F)NC1=O. The van der Waals surface area contributed by atoms with E-state index in [0.717, 1.165) is 31.7 Å². The lowest BCUT2D eigenvalue weighted by Crippen LogP contribution is -2.53. The Morgan fingerprint density at radius 2 is 1.72 bits per heavy atom. The average molecular weight is 742 g/mol. The number of alkyl halides is 6. The third-order valence-corrected chi connectivity index (χ3v) is 9.86. The van der Waals surface area contributed by atoms with Crippen molar-refractivity contribution in [2.75, 3.05) is 33.5 Å². The van der Waals surface area contributed by atoms with Gasteiger partial charge in [0.2, 0.25) is 0 Å². The Morgan fingerprint density at radius 3 is 2.24 bits per heavy atom. The number of hydrogen-bond donors (Lipinski definition) is 2. The van der Waals surface area contributed by atoms with Gasteiger partial charge in [0.15, 0.2) is 11.1 Å². The minimum atomic E-state index is -4.74. The molecule has 3 atom stereocenters. The number of halogens is 6. The van der Waals surface area contributed by atoms with E-state index >= 15 is 0 Å². The van der Waals surface area contributed by atoms with Crippen molar-refractivity contribution in [2.45, 2.75) is 115 Å². The maximum Gasteiger partial charge on any atom is 0.416 e. The number of nitrogens with zero attached hydrogens (tertiary/aromatic N) is 3. The predicted molar refractivity (Wildman–Crippen MR) is 176 cm³/mol. The maximum absolute atomic E-state index is 13.8. The minimum Gasteiger partial charge on any atom is -0.444 e. The van der Waals surface area contributed by atoms with Crippen molar-refractivity contribution < 1.29 is 54.9 Å². The van der Waals surface area contributed by atoms with Gasteiger partial charge in [-0.25, -0.2) is 14.6 Å². The summed E-state index contributed by atoms with van der Waals surface area (Å²) in [6.07, 6.45) is -10.4. The van der Waals surface area contributed by atoms with E-state index in [9.17, 15) is 35.9 Å². The molecule has 1 aliphatic heterocycles. The second kappa shape index (κ2) is 14.9. The van der Waals surface area contributed by atoms with Crippen LogP contribution in [-0.4, -0.2) is 97.2 Å². The van der Waals surface area contributed by atoms with E-state index < -0.39 is 74.5 Å². The first-order valence-electron chi connectivity index (χ1n) is 16.1. The van der Waals surface area contributed by atoms with Crippen molar-refractivity contribution in [2.24, 2.45) is 0 Å². The van der Waals surface area contributed by atoms with E-state index in [0.29, 0.717) is 17.7 Å². The molecule has 0 radical (unpaired) electrons. The summed E-state index contributed by atoms with van der Waals surface area (Å²) >= 11 is 0. The van der Waals surface area contributed by atoms with Gasteiger partial charge < -0.3 is 39.0 Å². The molecule has 0 spiro atoms. The molecular formula is C32H49F6N5O6Si. The van der Waals surface area contributed by atoms with Gasteiger partial charge in [-0.2, -0.15) is 26.3 Å². The lowest BCUT2D eigenvalue weighted by Gasteiger charge is -2.30. The van der Waals surface area contributed by atoms with Gasteiger partial charge in [-0.05, 0) is 65.3 Å². The third-order valence-electron chi connectivity index (χ3n) is 8.16. The van der Waals surface area contributed by atoms with Crippen LogP contribution < -0.4 is 10.6 Å². The molecule has 11 nitrogen and oxygen atoms in total. The van der Waals surface area contributed by atoms with Crippen LogP contribution in [0.15, 0.2) is 18.2 Å². The number of rotatable bonds is 14. The summed E-state index contributed by atoms with van der Waals surface area (Å²) in [5.74, 6) is 0.0841. The van der Waals surface area contributed by atoms with Gasteiger partial charge in [0, 0.05) is 21.8 Å². The van der Waals surface area contributed by atoms with Gasteiger partial charge in [-0.1, -0.05) is 25.7 Å². The highest BCUT2D eigenvalue weighted by molar-refractivity contribution is 6.76. The zero-order valence-electron chi connectivity index (χ0n) is 30.2. The summed E-state index contributed by atoms with van der Waals surface area (Å²) in [5, 5.41) is 4.62. The molecule has 3 amide bonds. The lowest BCUT2D eigenvalue weighted by molar-refractivity contribution is -0.265. The molecule has 1 aromatic heterocycles. The van der Waals surface area contributed by atoms with E-state index in [1.165, 1.54) is 7.11 Å². The van der Waals surface area contributed by atoms with E-state index in [2.05, 4.69) is 29.9 Å². The molecule has 2 aromatic rings. The quantitative estimate of drug-likeness (QED) is 0.119. The number of urea groups is 1. The van der Waals surface area contributed by atoms with Gasteiger partial charge in [0.05, 0.1) is 36.8 Å². The minimum absolute atomic E-state index is 0.0841. The van der Waals surface area contributed by atoms with Crippen molar-refractivity contribution in [1.29, 1.82) is 0 Å². The van der Waals surface area contributed by atoms with Crippen LogP contribution in [0.5, 0.6) is 0 Å². The number of aromatic nitrogens is 2. The van der Waals surface area contributed by atoms with Crippen LogP contribution in [0.3, 0.4) is 0 Å². The van der Waals surface area contributed by atoms with Gasteiger partial charge in [-0.3, -0.25) is 0 Å². The normalized spacial score (nSPS) is 19.1. The van der Waals surface area contributed by atoms with E-state index in [1.54, 1.807) is 43.5 Å². The van der Waals surface area contributed by atoms with Gasteiger partial charge >= 0.3 is 24.5 Å². The number of hydrogen-bond acceptors (Lipinski definition) is 7. The lowest BCUT2D eigenvalue weighted by atomic mass is 10.0. The number of imidazole rings is 1. The highest BCUT2D eigenvalue weighted by Crippen LogP contribution is 2.38. The first kappa shape index (κ1) is 41.3. The molecule has 2 N–H and O–H groups in total. The van der Waals surface area contributed by atoms with Crippen molar-refractivity contribution >= 4 is 31.2 Å². The number of benzene rings is 1. The molecule has 18 heteroatoms. The van der Waals surface area contributed by atoms with E-state index in [4.69, 9.17) is 18.9 Å². The highest BCUT2D eigenvalue weighted by atomic mass is 28.3. The van der Waals surface area contributed by atoms with Gasteiger partial charge in [-0.15, -0.1) is 0 Å². The van der Waals surface area contributed by atoms with Crippen LogP contribution in [0.1, 0.15) is 65.0 Å². The van der Waals surface area contributed by atoms with Crippen molar-refractivity contribution in [3.8, 4) is 0 Å². The summed E-state index contributed by atoms with van der Waals surface area (Å²) in [7, 11) is -0.153. The largest absolute Gasteiger partial charge is 0.444 e. The summed E-state index contributed by atoms with van der Waals surface area (Å²) in [6, 6.07) is 2.44. The Kier molecular flexibility index (Phi) is 12.3. The summed E-state index contributed by atoms with van der Waals surface area (Å²) in [5.41, 5.74) is -4.90. The fourth-order valence-corrected chi connectivity index (χ4v) is 5.77. The Morgan fingerprint density at radius 1 is 1.08 bits per heavy atom. The molecule has 1 unspecified atom stereocenters. The predicted octanol–water partition coefficient (Wildman–Crippen LogP) is 7.31. The van der Waals surface area contributed by atoms with Crippen LogP contribution in [0.25, 0.3) is 11.0 Å². The standard InChI is InChI=1S/C32H49F6N5O6Si/c1-28(2,3)49-27(45)40-22(16-48-29(4,5)31(33,34)35)25-39-21-15-20(11-12-23(21)43(25)19-47-13-14-50(8,9)10)24(17-46-7)42-18-30(6,32(36,37)38)41-26(42)44/h11-12,15,22,24H,13-14,16-19H2,1-10H3,(H,40,45)(H,41,44)/t22-,24?,30-/m0/s1. The Bertz CT molecular complexity index is 1500. The number of alkyl carbamates (subject to hydrolysis) is 1. The third kappa shape index (κ3) is 10.2. The highest BCUT2D eigenvalue weighted by Gasteiger charge is 2.58. The molecule has 50 heavy (non-hydrogen) atoms. The van der Waals surface area contributed by atoms with Crippen molar-refractivity contribution in [1.82, 2.24) is 25.1 Å². The zero-order chi connectivity index (χ0) is 38.1. The molecule has 1 aliphatic rings. The van der Waals surface area contributed by atoms with E-state index in [-0.39, 0.29) is 24.7 Å². The molecule has 2 heterocycles. The maximum atomic E-state index is 13.8. The Labute approximate surface area is 289 Å². The smallest absolute Gasteiger partial charge is 0.416 e. The number of nitrogens with one attached hydrogen (secondary N) is 2. The van der Waals surface area contributed by atoms with Gasteiger partial charge in [0.1, 0.15) is 24.2 Å². The van der Waals surface area contributed by atoms with Crippen LogP contribution in [0.4, 0.5) is 35.9 Å².